The third kappa shape index (κ3) is 2.43. The summed E-state index contributed by atoms with van der Waals surface area (Å²) < 4.78 is 3.35. The van der Waals surface area contributed by atoms with Crippen molar-refractivity contribution in [3.05, 3.63) is 46.4 Å². The first-order chi connectivity index (χ1) is 12.0. The molecule has 0 radical (unpaired) electrons. The Labute approximate surface area is 146 Å². The topological polar surface area (TPSA) is 82.1 Å². The van der Waals surface area contributed by atoms with Gasteiger partial charge in [-0.1, -0.05) is 18.2 Å². The molecule has 2 aliphatic carbocycles. The van der Waals surface area contributed by atoms with Gasteiger partial charge in [0.2, 0.25) is 5.91 Å². The molecule has 2 aliphatic rings. The molecule has 25 heavy (non-hydrogen) atoms. The Balaban J connectivity index is 1.66. The molecule has 0 aliphatic heterocycles. The molecule has 2 saturated carbocycles. The summed E-state index contributed by atoms with van der Waals surface area (Å²) in [4.78, 5) is 25.7. The zero-order valence-corrected chi connectivity index (χ0v) is 14.6. The van der Waals surface area contributed by atoms with Gasteiger partial charge < -0.3 is 11.1 Å². The largest absolute Gasteiger partial charge is 0.327 e. The van der Waals surface area contributed by atoms with Gasteiger partial charge in [-0.15, -0.1) is 0 Å². The van der Waals surface area contributed by atoms with Crippen molar-refractivity contribution in [2.75, 3.05) is 5.32 Å². The van der Waals surface area contributed by atoms with Crippen molar-refractivity contribution in [2.45, 2.75) is 32.2 Å². The minimum atomic E-state index is -0.212. The Hall–Kier alpha value is -2.34. The second-order valence-corrected chi connectivity index (χ2v) is 7.36. The predicted octanol–water partition coefficient (Wildman–Crippen LogP) is 1.80. The van der Waals surface area contributed by atoms with E-state index in [0.29, 0.717) is 17.5 Å². The third-order valence-electron chi connectivity index (χ3n) is 6.09. The Morgan fingerprint density at radius 2 is 1.88 bits per heavy atom. The van der Waals surface area contributed by atoms with Crippen LogP contribution in [0, 0.1) is 24.7 Å². The monoisotopic (exact) mass is 340 g/mol. The molecule has 6 heteroatoms. The molecule has 4 atom stereocenters. The van der Waals surface area contributed by atoms with Gasteiger partial charge in [-0.2, -0.15) is 0 Å². The molecule has 0 saturated heterocycles. The summed E-state index contributed by atoms with van der Waals surface area (Å²) in [5, 5.41) is 2.89. The number of amides is 1. The maximum atomic E-state index is 12.9. The van der Waals surface area contributed by atoms with Gasteiger partial charge in [-0.25, -0.2) is 4.68 Å². The van der Waals surface area contributed by atoms with Crippen LogP contribution in [0.15, 0.2) is 35.1 Å². The number of para-hydroxylation sites is 1. The number of carbonyl (C=O) groups is 1. The summed E-state index contributed by atoms with van der Waals surface area (Å²) >= 11 is 0. The highest BCUT2D eigenvalue weighted by atomic mass is 16.2. The smallest absolute Gasteiger partial charge is 0.295 e. The molecule has 3 N–H and O–H groups in total. The SMILES string of the molecule is Cc1c(NC(=O)C2C3CCC(C3)C2N)c(=O)n(-c2ccccc2)n1C. The van der Waals surface area contributed by atoms with E-state index in [9.17, 15) is 9.59 Å². The number of nitrogens with zero attached hydrogens (tertiary/aromatic N) is 2. The fourth-order valence-corrected chi connectivity index (χ4v) is 4.64. The number of rotatable bonds is 3. The van der Waals surface area contributed by atoms with E-state index < -0.39 is 0 Å². The Bertz CT molecular complexity index is 866. The van der Waals surface area contributed by atoms with Crippen LogP contribution >= 0.6 is 0 Å². The number of benzene rings is 1. The van der Waals surface area contributed by atoms with E-state index in [4.69, 9.17) is 5.73 Å². The van der Waals surface area contributed by atoms with Crippen molar-refractivity contribution < 1.29 is 4.79 Å². The predicted molar refractivity (Wildman–Crippen MR) is 96.7 cm³/mol. The zero-order valence-electron chi connectivity index (χ0n) is 14.6. The molecule has 1 aromatic heterocycles. The van der Waals surface area contributed by atoms with Gasteiger partial charge in [-0.3, -0.25) is 14.3 Å². The maximum absolute atomic E-state index is 12.9. The number of carbonyl (C=O) groups excluding carboxylic acids is 1. The highest BCUT2D eigenvalue weighted by Crippen LogP contribution is 2.47. The van der Waals surface area contributed by atoms with Crippen LogP contribution in [-0.4, -0.2) is 21.3 Å². The molecular formula is C19H24N4O2. The highest BCUT2D eigenvalue weighted by molar-refractivity contribution is 5.94. The van der Waals surface area contributed by atoms with Crippen LogP contribution < -0.4 is 16.6 Å². The van der Waals surface area contributed by atoms with E-state index in [2.05, 4.69) is 5.32 Å². The molecule has 2 bridgehead atoms. The first-order valence-corrected chi connectivity index (χ1v) is 8.89. The van der Waals surface area contributed by atoms with Crippen LogP contribution in [0.3, 0.4) is 0 Å². The lowest BCUT2D eigenvalue weighted by Gasteiger charge is -2.26. The summed E-state index contributed by atoms with van der Waals surface area (Å²) in [5.41, 5.74) is 7.92. The molecular weight excluding hydrogens is 316 g/mol. The Morgan fingerprint density at radius 1 is 1.20 bits per heavy atom. The van der Waals surface area contributed by atoms with Gasteiger partial charge in [0.15, 0.2) is 0 Å². The van der Waals surface area contributed by atoms with E-state index in [1.165, 1.54) is 0 Å². The van der Waals surface area contributed by atoms with Crippen LogP contribution in [0.1, 0.15) is 25.0 Å². The number of fused-ring (bicyclic) bond motifs is 2. The number of aromatic nitrogens is 2. The summed E-state index contributed by atoms with van der Waals surface area (Å²) in [6.45, 7) is 1.84. The van der Waals surface area contributed by atoms with Crippen LogP contribution in [0.4, 0.5) is 5.69 Å². The Morgan fingerprint density at radius 3 is 2.52 bits per heavy atom. The number of nitrogens with two attached hydrogens (primary N) is 1. The van der Waals surface area contributed by atoms with E-state index in [-0.39, 0.29) is 23.4 Å². The lowest BCUT2D eigenvalue weighted by molar-refractivity contribution is -0.121. The molecule has 1 aromatic carbocycles. The van der Waals surface area contributed by atoms with Crippen LogP contribution in [0.5, 0.6) is 0 Å². The van der Waals surface area contributed by atoms with Gasteiger partial charge in [-0.05, 0) is 50.2 Å². The molecule has 1 heterocycles. The minimum absolute atomic E-state index is 0.0842. The van der Waals surface area contributed by atoms with Gasteiger partial charge in [0.1, 0.15) is 5.69 Å². The normalized spacial score (nSPS) is 27.6. The lowest BCUT2D eigenvalue weighted by atomic mass is 9.84. The molecule has 4 unspecified atom stereocenters. The van der Waals surface area contributed by atoms with E-state index >= 15 is 0 Å². The van der Waals surface area contributed by atoms with Gasteiger partial charge in [0, 0.05) is 13.1 Å². The highest BCUT2D eigenvalue weighted by Gasteiger charge is 2.49. The first kappa shape index (κ1) is 16.1. The third-order valence-corrected chi connectivity index (χ3v) is 6.09. The molecule has 2 aromatic rings. The van der Waals surface area contributed by atoms with Gasteiger partial charge in [0.25, 0.3) is 5.56 Å². The van der Waals surface area contributed by atoms with E-state index in [0.717, 1.165) is 30.6 Å². The van der Waals surface area contributed by atoms with Crippen molar-refractivity contribution in [1.82, 2.24) is 9.36 Å². The molecule has 1 amide bonds. The summed E-state index contributed by atoms with van der Waals surface area (Å²) in [7, 11) is 1.82. The summed E-state index contributed by atoms with van der Waals surface area (Å²) in [6.07, 6.45) is 3.24. The quantitative estimate of drug-likeness (QED) is 0.894. The fraction of sp³-hybridized carbons (Fsp3) is 0.474. The number of anilines is 1. The molecule has 2 fully saturated rings. The summed E-state index contributed by atoms with van der Waals surface area (Å²) in [6, 6.07) is 9.34. The second kappa shape index (κ2) is 5.88. The molecule has 132 valence electrons. The maximum Gasteiger partial charge on any atom is 0.295 e. The fourth-order valence-electron chi connectivity index (χ4n) is 4.64. The minimum Gasteiger partial charge on any atom is -0.327 e. The molecule has 0 spiro atoms. The first-order valence-electron chi connectivity index (χ1n) is 8.89. The van der Waals surface area contributed by atoms with Crippen molar-refractivity contribution in [3.8, 4) is 5.69 Å². The van der Waals surface area contributed by atoms with E-state index in [1.54, 1.807) is 9.36 Å². The zero-order chi connectivity index (χ0) is 17.7. The Kier molecular flexibility index (Phi) is 3.80. The second-order valence-electron chi connectivity index (χ2n) is 7.36. The van der Waals surface area contributed by atoms with Gasteiger partial charge in [0.05, 0.1) is 17.3 Å². The number of nitrogens with one attached hydrogen (secondary N) is 1. The van der Waals surface area contributed by atoms with Crippen molar-refractivity contribution in [1.29, 1.82) is 0 Å². The van der Waals surface area contributed by atoms with Gasteiger partial charge >= 0.3 is 0 Å². The van der Waals surface area contributed by atoms with Crippen LogP contribution in [0.25, 0.3) is 5.69 Å². The number of hydrogen-bond acceptors (Lipinski definition) is 3. The molecule has 4 rings (SSSR count). The van der Waals surface area contributed by atoms with Crippen LogP contribution in [-0.2, 0) is 11.8 Å². The van der Waals surface area contributed by atoms with E-state index in [1.807, 2.05) is 44.3 Å². The average molecular weight is 340 g/mol. The van der Waals surface area contributed by atoms with Crippen molar-refractivity contribution in [2.24, 2.45) is 30.5 Å². The van der Waals surface area contributed by atoms with Crippen molar-refractivity contribution >= 4 is 11.6 Å². The molecule has 6 nitrogen and oxygen atoms in total. The standard InChI is InChI=1S/C19H24N4O2/c1-11-17(19(25)23(22(11)2)14-6-4-3-5-7-14)21-18(24)15-12-8-9-13(10-12)16(15)20/h3-7,12-13,15-16H,8-10,20H2,1-2H3,(H,21,24). The summed E-state index contributed by atoms with van der Waals surface area (Å²) in [5.74, 6) is 0.535. The average Bonchev–Trinajstić information content (AvgIpc) is 3.25. The number of hydrogen-bond donors (Lipinski definition) is 2. The lowest BCUT2D eigenvalue weighted by Crippen LogP contribution is -2.43. The van der Waals surface area contributed by atoms with Crippen molar-refractivity contribution in [3.63, 3.8) is 0 Å². The van der Waals surface area contributed by atoms with Crippen LogP contribution in [0.2, 0.25) is 0 Å².